The average molecular weight is 249 g/mol. The molecule has 0 aromatic carbocycles. The molecular formula is C15H27N3. The summed E-state index contributed by atoms with van der Waals surface area (Å²) in [7, 11) is 0. The van der Waals surface area contributed by atoms with Gasteiger partial charge in [-0.3, -0.25) is 4.98 Å². The van der Waals surface area contributed by atoms with E-state index in [1.807, 2.05) is 12.1 Å². The van der Waals surface area contributed by atoms with Crippen LogP contribution >= 0.6 is 0 Å². The molecular weight excluding hydrogens is 222 g/mol. The molecule has 0 unspecified atom stereocenters. The van der Waals surface area contributed by atoms with E-state index < -0.39 is 0 Å². The standard InChI is InChI=1S/C15H27N3/c1-12(2)10-18(11-13(3)4)8-7-15-6-5-14(16)9-17-15/h5-6,9,12-13H,7-8,10-11,16H2,1-4H3. The number of nitrogen functional groups attached to an aromatic ring is 1. The smallest absolute Gasteiger partial charge is 0.0501 e. The minimum Gasteiger partial charge on any atom is -0.397 e. The van der Waals surface area contributed by atoms with Crippen molar-refractivity contribution in [2.24, 2.45) is 11.8 Å². The highest BCUT2D eigenvalue weighted by Gasteiger charge is 2.09. The van der Waals surface area contributed by atoms with Crippen LogP contribution in [0.15, 0.2) is 18.3 Å². The van der Waals surface area contributed by atoms with Gasteiger partial charge in [-0.1, -0.05) is 27.7 Å². The van der Waals surface area contributed by atoms with Gasteiger partial charge in [-0.2, -0.15) is 0 Å². The lowest BCUT2D eigenvalue weighted by Gasteiger charge is -2.25. The fourth-order valence-corrected chi connectivity index (χ4v) is 2.15. The summed E-state index contributed by atoms with van der Waals surface area (Å²) >= 11 is 0. The van der Waals surface area contributed by atoms with Gasteiger partial charge in [0.05, 0.1) is 11.9 Å². The van der Waals surface area contributed by atoms with E-state index in [1.165, 1.54) is 0 Å². The Morgan fingerprint density at radius 2 is 1.72 bits per heavy atom. The zero-order chi connectivity index (χ0) is 13.5. The lowest BCUT2D eigenvalue weighted by molar-refractivity contribution is 0.221. The molecule has 1 rings (SSSR count). The van der Waals surface area contributed by atoms with Crippen molar-refractivity contribution < 1.29 is 0 Å². The Bertz CT molecular complexity index is 320. The molecule has 0 aliphatic rings. The van der Waals surface area contributed by atoms with E-state index in [0.717, 1.165) is 37.4 Å². The summed E-state index contributed by atoms with van der Waals surface area (Å²) < 4.78 is 0. The van der Waals surface area contributed by atoms with Crippen molar-refractivity contribution in [3.05, 3.63) is 24.0 Å². The molecule has 1 heterocycles. The van der Waals surface area contributed by atoms with Gasteiger partial charge in [0.25, 0.3) is 0 Å². The first-order chi connectivity index (χ1) is 8.47. The first-order valence-corrected chi connectivity index (χ1v) is 6.90. The maximum absolute atomic E-state index is 5.64. The lowest BCUT2D eigenvalue weighted by Crippen LogP contribution is -2.33. The van der Waals surface area contributed by atoms with Gasteiger partial charge in [0.1, 0.15) is 0 Å². The summed E-state index contributed by atoms with van der Waals surface area (Å²) in [4.78, 5) is 6.89. The quantitative estimate of drug-likeness (QED) is 0.808. The van der Waals surface area contributed by atoms with Crippen molar-refractivity contribution in [2.75, 3.05) is 25.4 Å². The van der Waals surface area contributed by atoms with Crippen LogP contribution in [0.1, 0.15) is 33.4 Å². The number of nitrogens with two attached hydrogens (primary N) is 1. The molecule has 1 aromatic rings. The number of rotatable bonds is 7. The Kier molecular flexibility index (Phi) is 6.13. The highest BCUT2D eigenvalue weighted by molar-refractivity contribution is 5.34. The van der Waals surface area contributed by atoms with Gasteiger partial charge in [0, 0.05) is 31.7 Å². The molecule has 0 atom stereocenters. The van der Waals surface area contributed by atoms with Crippen molar-refractivity contribution in [1.29, 1.82) is 0 Å². The van der Waals surface area contributed by atoms with Gasteiger partial charge >= 0.3 is 0 Å². The largest absolute Gasteiger partial charge is 0.397 e. The molecule has 0 fully saturated rings. The van der Waals surface area contributed by atoms with Gasteiger partial charge in [-0.05, 0) is 24.0 Å². The fourth-order valence-electron chi connectivity index (χ4n) is 2.15. The molecule has 1 aromatic heterocycles. The van der Waals surface area contributed by atoms with Crippen LogP contribution in [0.2, 0.25) is 0 Å². The van der Waals surface area contributed by atoms with Crippen molar-refractivity contribution >= 4 is 5.69 Å². The molecule has 0 aliphatic carbocycles. The molecule has 0 spiro atoms. The maximum atomic E-state index is 5.64. The Morgan fingerprint density at radius 1 is 1.11 bits per heavy atom. The molecule has 2 N–H and O–H groups in total. The summed E-state index contributed by atoms with van der Waals surface area (Å²) in [5, 5.41) is 0. The Balaban J connectivity index is 2.47. The molecule has 0 amide bonds. The van der Waals surface area contributed by atoms with E-state index in [2.05, 4.69) is 37.6 Å². The number of hydrogen-bond donors (Lipinski definition) is 1. The monoisotopic (exact) mass is 249 g/mol. The molecule has 3 heteroatoms. The molecule has 3 nitrogen and oxygen atoms in total. The highest BCUT2D eigenvalue weighted by atomic mass is 15.1. The first-order valence-electron chi connectivity index (χ1n) is 6.90. The first kappa shape index (κ1) is 15.0. The zero-order valence-corrected chi connectivity index (χ0v) is 12.2. The van der Waals surface area contributed by atoms with E-state index in [1.54, 1.807) is 6.20 Å². The van der Waals surface area contributed by atoms with E-state index >= 15 is 0 Å². The van der Waals surface area contributed by atoms with Crippen LogP contribution in [0.3, 0.4) is 0 Å². The van der Waals surface area contributed by atoms with E-state index in [4.69, 9.17) is 5.73 Å². The van der Waals surface area contributed by atoms with Crippen LogP contribution in [0.4, 0.5) is 5.69 Å². The van der Waals surface area contributed by atoms with Crippen LogP contribution in [0.5, 0.6) is 0 Å². The number of nitrogens with zero attached hydrogens (tertiary/aromatic N) is 2. The topological polar surface area (TPSA) is 42.1 Å². The number of anilines is 1. The van der Waals surface area contributed by atoms with Gasteiger partial charge in [-0.15, -0.1) is 0 Å². The molecule has 0 bridgehead atoms. The molecule has 18 heavy (non-hydrogen) atoms. The summed E-state index contributed by atoms with van der Waals surface area (Å²) in [6.07, 6.45) is 2.74. The van der Waals surface area contributed by atoms with Gasteiger partial charge in [0.15, 0.2) is 0 Å². The SMILES string of the molecule is CC(C)CN(CCc1ccc(N)cn1)CC(C)C. The Morgan fingerprint density at radius 3 is 2.17 bits per heavy atom. The fraction of sp³-hybridized carbons (Fsp3) is 0.667. The van der Waals surface area contributed by atoms with Crippen LogP contribution in [0.25, 0.3) is 0 Å². The third-order valence-corrected chi connectivity index (χ3v) is 2.78. The Hall–Kier alpha value is -1.09. The van der Waals surface area contributed by atoms with Crippen LogP contribution in [0, 0.1) is 11.8 Å². The van der Waals surface area contributed by atoms with Gasteiger partial charge in [0.2, 0.25) is 0 Å². The van der Waals surface area contributed by atoms with Crippen LogP contribution in [-0.2, 0) is 6.42 Å². The zero-order valence-electron chi connectivity index (χ0n) is 12.2. The number of hydrogen-bond acceptors (Lipinski definition) is 3. The molecule has 0 saturated heterocycles. The summed E-state index contributed by atoms with van der Waals surface area (Å²) in [5.41, 5.74) is 7.50. The van der Waals surface area contributed by atoms with Crippen LogP contribution in [-0.4, -0.2) is 29.5 Å². The third-order valence-electron chi connectivity index (χ3n) is 2.78. The van der Waals surface area contributed by atoms with Crippen LogP contribution < -0.4 is 5.73 Å². The third kappa shape index (κ3) is 6.01. The summed E-state index contributed by atoms with van der Waals surface area (Å²) in [6.45, 7) is 12.5. The van der Waals surface area contributed by atoms with E-state index in [0.29, 0.717) is 11.8 Å². The molecule has 0 saturated carbocycles. The normalized spacial score (nSPS) is 11.7. The van der Waals surface area contributed by atoms with Crippen molar-refractivity contribution in [1.82, 2.24) is 9.88 Å². The second kappa shape index (κ2) is 7.37. The summed E-state index contributed by atoms with van der Waals surface area (Å²) in [6, 6.07) is 3.95. The minimum absolute atomic E-state index is 0.711. The maximum Gasteiger partial charge on any atom is 0.0501 e. The number of aromatic nitrogens is 1. The van der Waals surface area contributed by atoms with Crippen molar-refractivity contribution in [3.8, 4) is 0 Å². The second-order valence-corrected chi connectivity index (χ2v) is 5.88. The van der Waals surface area contributed by atoms with E-state index in [-0.39, 0.29) is 0 Å². The van der Waals surface area contributed by atoms with E-state index in [9.17, 15) is 0 Å². The Labute approximate surface area is 111 Å². The predicted octanol–water partition coefficient (Wildman–Crippen LogP) is 2.82. The van der Waals surface area contributed by atoms with Crippen molar-refractivity contribution in [2.45, 2.75) is 34.1 Å². The summed E-state index contributed by atoms with van der Waals surface area (Å²) in [5.74, 6) is 1.42. The number of pyridine rings is 1. The second-order valence-electron chi connectivity index (χ2n) is 5.88. The molecule has 102 valence electrons. The van der Waals surface area contributed by atoms with Gasteiger partial charge < -0.3 is 10.6 Å². The minimum atomic E-state index is 0.711. The predicted molar refractivity (Wildman–Crippen MR) is 78.5 cm³/mol. The lowest BCUT2D eigenvalue weighted by atomic mass is 10.1. The van der Waals surface area contributed by atoms with Crippen molar-refractivity contribution in [3.63, 3.8) is 0 Å². The van der Waals surface area contributed by atoms with Gasteiger partial charge in [-0.25, -0.2) is 0 Å². The highest BCUT2D eigenvalue weighted by Crippen LogP contribution is 2.07. The molecule has 0 radical (unpaired) electrons. The average Bonchev–Trinajstić information content (AvgIpc) is 2.26. The molecule has 0 aliphatic heterocycles.